The van der Waals surface area contributed by atoms with Crippen molar-refractivity contribution in [2.45, 2.75) is 44.9 Å². The Balaban J connectivity index is 1.48. The van der Waals surface area contributed by atoms with Gasteiger partial charge in [0.1, 0.15) is 0 Å². The summed E-state index contributed by atoms with van der Waals surface area (Å²) < 4.78 is 0. The first-order valence-corrected chi connectivity index (χ1v) is 9.36. The first-order valence-electron chi connectivity index (χ1n) is 8.99. The number of carbonyl (C=O) groups is 2. The number of rotatable bonds is 3. The number of likely N-dealkylation sites (tertiary alicyclic amines) is 1. The summed E-state index contributed by atoms with van der Waals surface area (Å²) >= 11 is 5.86. The van der Waals surface area contributed by atoms with E-state index in [0.717, 1.165) is 57.3 Å². The van der Waals surface area contributed by atoms with Gasteiger partial charge in [-0.25, -0.2) is 0 Å². The summed E-state index contributed by atoms with van der Waals surface area (Å²) in [6, 6.07) is 7.16. The maximum Gasteiger partial charge on any atom is 0.227 e. The summed E-state index contributed by atoms with van der Waals surface area (Å²) in [6.45, 7) is 1.83. The Morgan fingerprint density at radius 3 is 2.12 bits per heavy atom. The molecule has 1 saturated carbocycles. The molecule has 5 heteroatoms. The lowest BCUT2D eigenvalue weighted by atomic mass is 9.80. The van der Waals surface area contributed by atoms with E-state index in [4.69, 9.17) is 11.6 Å². The number of carbonyl (C=O) groups excluding carboxylic acids is 2. The van der Waals surface area contributed by atoms with Gasteiger partial charge in [-0.1, -0.05) is 11.6 Å². The fourth-order valence-electron chi connectivity index (χ4n) is 3.75. The Labute approximate surface area is 148 Å². The van der Waals surface area contributed by atoms with Crippen LogP contribution in [0.1, 0.15) is 44.9 Å². The molecule has 0 unspecified atom stereocenters. The van der Waals surface area contributed by atoms with Gasteiger partial charge in [-0.15, -0.1) is 0 Å². The van der Waals surface area contributed by atoms with Crippen molar-refractivity contribution in [3.05, 3.63) is 29.3 Å². The molecular weight excluding hydrogens is 324 g/mol. The largest absolute Gasteiger partial charge is 0.342 e. The van der Waals surface area contributed by atoms with Gasteiger partial charge >= 0.3 is 0 Å². The standard InChI is InChI=1S/C19H25ClN2O2/c20-16-8-10-17(11-9-16)21-18(23)14-4-6-15(7-5-14)19(24)22-12-2-1-3-13-22/h8-11,14-15H,1-7,12-13H2,(H,21,23). The van der Waals surface area contributed by atoms with Gasteiger partial charge in [0.25, 0.3) is 0 Å². The molecule has 0 radical (unpaired) electrons. The van der Waals surface area contributed by atoms with E-state index in [1.54, 1.807) is 12.1 Å². The first-order chi connectivity index (χ1) is 11.6. The van der Waals surface area contributed by atoms with E-state index in [1.165, 1.54) is 6.42 Å². The van der Waals surface area contributed by atoms with E-state index in [2.05, 4.69) is 5.32 Å². The maximum absolute atomic E-state index is 12.6. The quantitative estimate of drug-likeness (QED) is 0.894. The zero-order chi connectivity index (χ0) is 16.9. The Morgan fingerprint density at radius 1 is 0.917 bits per heavy atom. The van der Waals surface area contributed by atoms with Crippen LogP contribution >= 0.6 is 11.6 Å². The average molecular weight is 349 g/mol. The maximum atomic E-state index is 12.6. The fraction of sp³-hybridized carbons (Fsp3) is 0.579. The van der Waals surface area contributed by atoms with Gasteiger partial charge in [0, 0.05) is 35.6 Å². The van der Waals surface area contributed by atoms with Gasteiger partial charge in [0.05, 0.1) is 0 Å². The molecule has 0 bridgehead atoms. The Morgan fingerprint density at radius 2 is 1.50 bits per heavy atom. The number of amides is 2. The lowest BCUT2D eigenvalue weighted by Gasteiger charge is -2.33. The molecule has 2 amide bonds. The molecule has 1 aliphatic carbocycles. The van der Waals surface area contributed by atoms with Crippen LogP contribution in [0.25, 0.3) is 0 Å². The molecule has 1 saturated heterocycles. The SMILES string of the molecule is O=C(Nc1ccc(Cl)cc1)C1CCC(C(=O)N2CCCCC2)CC1. The highest BCUT2D eigenvalue weighted by molar-refractivity contribution is 6.30. The highest BCUT2D eigenvalue weighted by atomic mass is 35.5. The second kappa shape index (κ2) is 8.02. The Kier molecular flexibility index (Phi) is 5.77. The summed E-state index contributed by atoms with van der Waals surface area (Å²) in [5.41, 5.74) is 0.774. The number of anilines is 1. The van der Waals surface area contributed by atoms with Gasteiger partial charge in [-0.3, -0.25) is 9.59 Å². The smallest absolute Gasteiger partial charge is 0.227 e. The van der Waals surface area contributed by atoms with Crippen LogP contribution in [0.2, 0.25) is 5.02 Å². The third-order valence-electron chi connectivity index (χ3n) is 5.23. The van der Waals surface area contributed by atoms with Gasteiger partial charge in [-0.2, -0.15) is 0 Å². The summed E-state index contributed by atoms with van der Waals surface area (Å²) in [5.74, 6) is 0.487. The van der Waals surface area contributed by atoms with Gasteiger partial charge in [-0.05, 0) is 69.2 Å². The average Bonchev–Trinajstić information content (AvgIpc) is 2.64. The van der Waals surface area contributed by atoms with Crippen LogP contribution in [0.15, 0.2) is 24.3 Å². The molecule has 0 aromatic heterocycles. The number of piperidine rings is 1. The van der Waals surface area contributed by atoms with Crippen molar-refractivity contribution < 1.29 is 9.59 Å². The molecule has 1 N–H and O–H groups in total. The zero-order valence-electron chi connectivity index (χ0n) is 14.0. The number of hydrogen-bond acceptors (Lipinski definition) is 2. The molecule has 1 aromatic rings. The molecule has 2 aliphatic rings. The predicted octanol–water partition coefficient (Wildman–Crippen LogP) is 4.10. The second-order valence-corrected chi connectivity index (χ2v) is 7.37. The molecular formula is C19H25ClN2O2. The van der Waals surface area contributed by atoms with E-state index in [-0.39, 0.29) is 17.7 Å². The number of hydrogen-bond donors (Lipinski definition) is 1. The highest BCUT2D eigenvalue weighted by Crippen LogP contribution is 2.31. The van der Waals surface area contributed by atoms with E-state index < -0.39 is 0 Å². The highest BCUT2D eigenvalue weighted by Gasteiger charge is 2.32. The van der Waals surface area contributed by atoms with E-state index in [9.17, 15) is 9.59 Å². The van der Waals surface area contributed by atoms with Crippen molar-refractivity contribution >= 4 is 29.1 Å². The summed E-state index contributed by atoms with van der Waals surface area (Å²) in [6.07, 6.45) is 6.74. The molecule has 1 heterocycles. The number of nitrogens with zero attached hydrogens (tertiary/aromatic N) is 1. The topological polar surface area (TPSA) is 49.4 Å². The second-order valence-electron chi connectivity index (χ2n) is 6.93. The molecule has 24 heavy (non-hydrogen) atoms. The molecule has 1 aliphatic heterocycles. The van der Waals surface area contributed by atoms with Crippen molar-refractivity contribution in [2.75, 3.05) is 18.4 Å². The molecule has 2 fully saturated rings. The Hall–Kier alpha value is -1.55. The minimum Gasteiger partial charge on any atom is -0.342 e. The third-order valence-corrected chi connectivity index (χ3v) is 5.48. The van der Waals surface area contributed by atoms with E-state index >= 15 is 0 Å². The molecule has 1 aromatic carbocycles. The van der Waals surface area contributed by atoms with Gasteiger partial charge in [0.15, 0.2) is 0 Å². The normalized spacial score (nSPS) is 24.5. The summed E-state index contributed by atoms with van der Waals surface area (Å²) in [5, 5.41) is 3.61. The number of benzene rings is 1. The van der Waals surface area contributed by atoms with Crippen molar-refractivity contribution in [3.8, 4) is 0 Å². The fourth-order valence-corrected chi connectivity index (χ4v) is 3.88. The van der Waals surface area contributed by atoms with E-state index in [0.29, 0.717) is 10.9 Å². The van der Waals surface area contributed by atoms with Crippen molar-refractivity contribution in [3.63, 3.8) is 0 Å². The predicted molar refractivity (Wildman–Crippen MR) is 96.0 cm³/mol. The monoisotopic (exact) mass is 348 g/mol. The zero-order valence-corrected chi connectivity index (χ0v) is 14.7. The number of halogens is 1. The van der Waals surface area contributed by atoms with Crippen LogP contribution in [0, 0.1) is 11.8 Å². The van der Waals surface area contributed by atoms with Crippen LogP contribution in [0.5, 0.6) is 0 Å². The first kappa shape index (κ1) is 17.3. The third kappa shape index (κ3) is 4.29. The van der Waals surface area contributed by atoms with Crippen molar-refractivity contribution in [2.24, 2.45) is 11.8 Å². The minimum atomic E-state index is 0.00563. The van der Waals surface area contributed by atoms with Crippen LogP contribution in [-0.2, 0) is 9.59 Å². The molecule has 0 atom stereocenters. The van der Waals surface area contributed by atoms with Crippen LogP contribution in [0.4, 0.5) is 5.69 Å². The van der Waals surface area contributed by atoms with Crippen LogP contribution in [-0.4, -0.2) is 29.8 Å². The van der Waals surface area contributed by atoms with Crippen LogP contribution in [0.3, 0.4) is 0 Å². The molecule has 130 valence electrons. The van der Waals surface area contributed by atoms with Gasteiger partial charge in [0.2, 0.25) is 11.8 Å². The lowest BCUT2D eigenvalue weighted by molar-refractivity contribution is -0.138. The minimum absolute atomic E-state index is 0.00563. The summed E-state index contributed by atoms with van der Waals surface area (Å²) in [7, 11) is 0. The lowest BCUT2D eigenvalue weighted by Crippen LogP contribution is -2.41. The molecule has 4 nitrogen and oxygen atoms in total. The van der Waals surface area contributed by atoms with Crippen molar-refractivity contribution in [1.82, 2.24) is 4.90 Å². The van der Waals surface area contributed by atoms with Crippen molar-refractivity contribution in [1.29, 1.82) is 0 Å². The summed E-state index contributed by atoms with van der Waals surface area (Å²) in [4.78, 5) is 27.0. The van der Waals surface area contributed by atoms with Gasteiger partial charge < -0.3 is 10.2 Å². The van der Waals surface area contributed by atoms with E-state index in [1.807, 2.05) is 17.0 Å². The number of nitrogens with one attached hydrogen (secondary N) is 1. The Bertz CT molecular complexity index is 574. The molecule has 3 rings (SSSR count). The molecule has 0 spiro atoms. The van der Waals surface area contributed by atoms with Crippen LogP contribution < -0.4 is 5.32 Å².